The van der Waals surface area contributed by atoms with Crippen molar-refractivity contribution in [2.75, 3.05) is 18.0 Å². The number of carbonyl (C=O) groups is 1. The Balaban J connectivity index is 1.85. The molecule has 1 aliphatic carbocycles. The lowest BCUT2D eigenvalue weighted by molar-refractivity contribution is -0.133. The maximum Gasteiger partial charge on any atom is 0.248 e. The van der Waals surface area contributed by atoms with Gasteiger partial charge >= 0.3 is 0 Å². The Morgan fingerprint density at radius 2 is 2.10 bits per heavy atom. The molecule has 21 heavy (non-hydrogen) atoms. The van der Waals surface area contributed by atoms with E-state index in [1.807, 2.05) is 12.1 Å². The van der Waals surface area contributed by atoms with Crippen molar-refractivity contribution in [2.45, 2.75) is 37.2 Å². The molecule has 1 spiro atoms. The normalized spacial score (nSPS) is 21.8. The molecule has 4 radical (unpaired) electrons. The number of nitrogens with zero attached hydrogens (tertiary/aromatic N) is 3. The average Bonchev–Trinajstić information content (AvgIpc) is 3.22. The van der Waals surface area contributed by atoms with E-state index in [4.69, 9.17) is 15.7 Å². The summed E-state index contributed by atoms with van der Waals surface area (Å²) in [5.41, 5.74) is -1.59. The van der Waals surface area contributed by atoms with Gasteiger partial charge in [-0.15, -0.1) is 0 Å². The van der Waals surface area contributed by atoms with Crippen LogP contribution in [-0.4, -0.2) is 60.7 Å². The third-order valence-corrected chi connectivity index (χ3v) is 4.36. The summed E-state index contributed by atoms with van der Waals surface area (Å²) in [5.74, 6) is 0.556. The summed E-state index contributed by atoms with van der Waals surface area (Å²) in [6, 6.07) is 3.84. The Hall–Kier alpha value is -1.33. The summed E-state index contributed by atoms with van der Waals surface area (Å²) in [7, 11) is 11.2. The number of aryl methyl sites for hydroxylation is 1. The van der Waals surface area contributed by atoms with E-state index in [-0.39, 0.29) is 5.91 Å². The lowest BCUT2D eigenvalue weighted by Gasteiger charge is -2.47. The van der Waals surface area contributed by atoms with Gasteiger partial charge in [0.15, 0.2) is 0 Å². The van der Waals surface area contributed by atoms with E-state index in [2.05, 4.69) is 11.9 Å². The van der Waals surface area contributed by atoms with E-state index in [1.165, 1.54) is 4.90 Å². The summed E-state index contributed by atoms with van der Waals surface area (Å²) in [6.07, 6.45) is 4.02. The van der Waals surface area contributed by atoms with E-state index in [9.17, 15) is 9.90 Å². The largest absolute Gasteiger partial charge is 0.395 e. The first-order valence-electron chi connectivity index (χ1n) is 7.23. The fraction of sp³-hybridized carbons (Fsp3) is 0.571. The molecule has 1 saturated heterocycles. The van der Waals surface area contributed by atoms with E-state index >= 15 is 0 Å². The van der Waals surface area contributed by atoms with Crippen LogP contribution in [0, 0.1) is 0 Å². The number of piperazine rings is 1. The summed E-state index contributed by atoms with van der Waals surface area (Å²) >= 11 is 0. The quantitative estimate of drug-likeness (QED) is 0.777. The number of hydrogen-bond donors (Lipinski definition) is 1. The summed E-state index contributed by atoms with van der Waals surface area (Å²) in [5, 5.41) is 9.86. The number of aromatic nitrogens is 1. The lowest BCUT2D eigenvalue weighted by Crippen LogP contribution is -2.67. The molecular formula is C14H17B2N3O2. The monoisotopic (exact) mass is 281 g/mol. The highest BCUT2D eigenvalue weighted by Crippen LogP contribution is 2.47. The molecule has 0 unspecified atom stereocenters. The van der Waals surface area contributed by atoms with Crippen molar-refractivity contribution in [3.8, 4) is 0 Å². The molecule has 5 nitrogen and oxygen atoms in total. The van der Waals surface area contributed by atoms with Gasteiger partial charge in [0, 0.05) is 24.8 Å². The van der Waals surface area contributed by atoms with E-state index in [0.29, 0.717) is 31.7 Å². The Labute approximate surface area is 127 Å². The van der Waals surface area contributed by atoms with Gasteiger partial charge in [0.25, 0.3) is 0 Å². The van der Waals surface area contributed by atoms with Crippen LogP contribution in [0.1, 0.15) is 25.3 Å². The van der Waals surface area contributed by atoms with E-state index in [0.717, 1.165) is 12.0 Å². The molecule has 1 aromatic rings. The number of hydrogen-bond acceptors (Lipinski definition) is 4. The minimum Gasteiger partial charge on any atom is -0.395 e. The molecule has 2 fully saturated rings. The van der Waals surface area contributed by atoms with Crippen LogP contribution >= 0.6 is 0 Å². The molecule has 2 heterocycles. The zero-order valence-electron chi connectivity index (χ0n) is 12.1. The third kappa shape index (κ3) is 2.38. The van der Waals surface area contributed by atoms with Crippen molar-refractivity contribution >= 4 is 27.4 Å². The number of pyridine rings is 1. The summed E-state index contributed by atoms with van der Waals surface area (Å²) in [6.45, 7) is 2.89. The summed E-state index contributed by atoms with van der Waals surface area (Å²) < 4.78 is 0. The fourth-order valence-electron chi connectivity index (χ4n) is 3.01. The van der Waals surface area contributed by atoms with Crippen LogP contribution in [-0.2, 0) is 11.2 Å². The number of amides is 1. The molecule has 0 bridgehead atoms. The first-order valence-corrected chi connectivity index (χ1v) is 7.23. The van der Waals surface area contributed by atoms with Gasteiger partial charge in [-0.05, 0) is 30.9 Å². The highest BCUT2D eigenvalue weighted by Gasteiger charge is 2.61. The minimum atomic E-state index is -1.96. The number of aliphatic hydroxyl groups is 1. The molecule has 3 rings (SSSR count). The molecule has 1 N–H and O–H groups in total. The van der Waals surface area contributed by atoms with Crippen molar-refractivity contribution in [3.05, 3.63) is 23.9 Å². The third-order valence-electron chi connectivity index (χ3n) is 4.36. The maximum absolute atomic E-state index is 12.7. The van der Waals surface area contributed by atoms with Crippen molar-refractivity contribution < 1.29 is 9.90 Å². The highest BCUT2D eigenvalue weighted by molar-refractivity contribution is 6.38. The fourth-order valence-corrected chi connectivity index (χ4v) is 3.01. The van der Waals surface area contributed by atoms with E-state index < -0.39 is 11.1 Å². The van der Waals surface area contributed by atoms with Crippen LogP contribution < -0.4 is 4.90 Å². The number of carbonyl (C=O) groups excluding carboxylic acids is 1. The topological polar surface area (TPSA) is 56.7 Å². The van der Waals surface area contributed by atoms with Gasteiger partial charge in [0.05, 0.1) is 0 Å². The van der Waals surface area contributed by atoms with Gasteiger partial charge in [-0.1, -0.05) is 13.0 Å². The smallest absolute Gasteiger partial charge is 0.248 e. The van der Waals surface area contributed by atoms with Crippen LogP contribution in [0.15, 0.2) is 18.3 Å². The molecular weight excluding hydrogens is 264 g/mol. The van der Waals surface area contributed by atoms with Gasteiger partial charge in [-0.2, -0.15) is 0 Å². The van der Waals surface area contributed by atoms with Crippen LogP contribution in [0.5, 0.6) is 0 Å². The Morgan fingerprint density at radius 3 is 2.57 bits per heavy atom. The highest BCUT2D eigenvalue weighted by atomic mass is 16.3. The number of rotatable bonds is 3. The van der Waals surface area contributed by atoms with Crippen LogP contribution in [0.25, 0.3) is 0 Å². The average molecular weight is 281 g/mol. The molecule has 2 aliphatic rings. The Bertz CT molecular complexity index is 552. The number of anilines is 1. The molecule has 0 atom stereocenters. The van der Waals surface area contributed by atoms with Crippen molar-refractivity contribution in [2.24, 2.45) is 0 Å². The van der Waals surface area contributed by atoms with Gasteiger partial charge in [-0.3, -0.25) is 14.6 Å². The lowest BCUT2D eigenvalue weighted by atomic mass is 9.70. The van der Waals surface area contributed by atoms with Crippen molar-refractivity contribution in [1.29, 1.82) is 0 Å². The maximum atomic E-state index is 12.7. The molecule has 7 heteroatoms. The predicted octanol–water partition coefficient (Wildman–Crippen LogP) is -0.234. The van der Waals surface area contributed by atoms with Gasteiger partial charge in [0.1, 0.15) is 27.0 Å². The Kier molecular flexibility index (Phi) is 3.37. The van der Waals surface area contributed by atoms with Crippen molar-refractivity contribution in [3.63, 3.8) is 0 Å². The van der Waals surface area contributed by atoms with Crippen LogP contribution in [0.2, 0.25) is 0 Å². The van der Waals surface area contributed by atoms with E-state index in [1.54, 1.807) is 11.1 Å². The Morgan fingerprint density at radius 1 is 1.38 bits per heavy atom. The standard InChI is InChI=1S/C14H17B2N3O2/c1-2-10-3-4-11(17-9-10)18-7-8-19(14(15,16)21)13(5-6-13)12(18)20/h3-4,9,21H,2,5-8H2,1H3. The molecule has 1 aromatic heterocycles. The summed E-state index contributed by atoms with van der Waals surface area (Å²) in [4.78, 5) is 20.3. The predicted molar refractivity (Wildman–Crippen MR) is 81.1 cm³/mol. The molecule has 1 amide bonds. The van der Waals surface area contributed by atoms with Gasteiger partial charge in [-0.25, -0.2) is 4.98 Å². The first kappa shape index (κ1) is 14.6. The van der Waals surface area contributed by atoms with Crippen LogP contribution in [0.3, 0.4) is 0 Å². The molecule has 1 saturated carbocycles. The van der Waals surface area contributed by atoms with Crippen molar-refractivity contribution in [1.82, 2.24) is 9.88 Å². The second-order valence-electron chi connectivity index (χ2n) is 5.80. The zero-order chi connectivity index (χ0) is 15.3. The molecule has 106 valence electrons. The molecule has 0 aromatic carbocycles. The zero-order valence-corrected chi connectivity index (χ0v) is 12.1. The SMILES string of the molecule is [B]C([B])(O)N1CCN(c2ccc(CC)cn2)C(=O)C12CC2. The minimum absolute atomic E-state index is 0.0835. The van der Waals surface area contributed by atoms with Gasteiger partial charge in [0.2, 0.25) is 5.91 Å². The first-order chi connectivity index (χ1) is 9.88. The molecule has 1 aliphatic heterocycles. The van der Waals surface area contributed by atoms with Crippen LogP contribution in [0.4, 0.5) is 5.82 Å². The second kappa shape index (κ2) is 4.85. The second-order valence-corrected chi connectivity index (χ2v) is 5.80. The van der Waals surface area contributed by atoms with Gasteiger partial charge < -0.3 is 5.11 Å².